The minimum atomic E-state index is -5.10. The van der Waals surface area contributed by atoms with E-state index < -0.39 is 90.3 Å². The maximum atomic E-state index is 13.1. The van der Waals surface area contributed by atoms with Gasteiger partial charge in [-0.1, -0.05) is 155 Å². The van der Waals surface area contributed by atoms with Crippen molar-refractivity contribution >= 4 is 48.4 Å². The zero-order valence-electron chi connectivity index (χ0n) is 57.7. The van der Waals surface area contributed by atoms with Crippen LogP contribution in [0.2, 0.25) is 0 Å². The third-order valence-corrected chi connectivity index (χ3v) is 18.4. The van der Waals surface area contributed by atoms with Gasteiger partial charge in [0.05, 0.1) is 0 Å². The first-order valence-electron chi connectivity index (χ1n) is 32.6. The van der Waals surface area contributed by atoms with E-state index in [9.17, 15) is 74.0 Å². The fourth-order valence-electron chi connectivity index (χ4n) is 13.1. The molecular weight excluding hydrogens is 1300 g/mol. The van der Waals surface area contributed by atoms with Gasteiger partial charge in [-0.3, -0.25) is 0 Å². The van der Waals surface area contributed by atoms with Crippen molar-refractivity contribution in [3.63, 3.8) is 0 Å². The number of benzene rings is 4. The molecule has 0 radical (unpaired) electrons. The summed E-state index contributed by atoms with van der Waals surface area (Å²) in [4.78, 5) is 46.3. The van der Waals surface area contributed by atoms with Gasteiger partial charge in [0.2, 0.25) is 0 Å². The Hall–Kier alpha value is -8.01. The molecule has 3 N–H and O–H groups in total. The van der Waals surface area contributed by atoms with Gasteiger partial charge in [0.15, 0.2) is 16.8 Å². The summed E-state index contributed by atoms with van der Waals surface area (Å²) in [6.45, 7) is 33.1. The summed E-state index contributed by atoms with van der Waals surface area (Å²) < 4.78 is 142. The third-order valence-electron chi connectivity index (χ3n) is 18.4. The van der Waals surface area contributed by atoms with Crippen molar-refractivity contribution in [2.75, 3.05) is 0 Å². The van der Waals surface area contributed by atoms with Gasteiger partial charge in [0.25, 0.3) is 0 Å². The second-order valence-electron chi connectivity index (χ2n) is 27.9. The Kier molecular flexibility index (Phi) is 27.6. The van der Waals surface area contributed by atoms with Crippen molar-refractivity contribution in [2.24, 2.45) is 29.6 Å². The van der Waals surface area contributed by atoms with Crippen LogP contribution in [0.4, 0.5) is 44.3 Å². The number of alkyl halides is 9. The van der Waals surface area contributed by atoms with E-state index in [0.717, 1.165) is 62.3 Å². The van der Waals surface area contributed by atoms with Crippen LogP contribution in [0.25, 0.3) is 24.3 Å². The molecule has 5 saturated carbocycles. The van der Waals surface area contributed by atoms with Gasteiger partial charge in [-0.05, 0) is 208 Å². The monoisotopic (exact) mass is 1390 g/mol. The molecule has 0 heterocycles. The Morgan fingerprint density at radius 1 is 0.525 bits per heavy atom. The van der Waals surface area contributed by atoms with E-state index in [2.05, 4.69) is 63.8 Å². The first-order chi connectivity index (χ1) is 45.8. The summed E-state index contributed by atoms with van der Waals surface area (Å²) in [7, 11) is 0. The molecule has 0 aliphatic heterocycles. The number of rotatable bonds is 13. The van der Waals surface area contributed by atoms with Gasteiger partial charge in [-0.2, -0.15) is 39.5 Å². The second kappa shape index (κ2) is 33.4. The summed E-state index contributed by atoms with van der Waals surface area (Å²) in [6, 6.07) is 28.7. The fraction of sp³-hybridized carbons (Fsp3) is 0.462. The van der Waals surface area contributed by atoms with Crippen LogP contribution in [-0.4, -0.2) is 86.4 Å². The zero-order valence-corrected chi connectivity index (χ0v) is 57.7. The van der Waals surface area contributed by atoms with Gasteiger partial charge in [0, 0.05) is 28.6 Å². The number of carbonyl (C=O) groups is 4. The van der Waals surface area contributed by atoms with Crippen LogP contribution >= 0.6 is 0 Å². The van der Waals surface area contributed by atoms with E-state index in [0.29, 0.717) is 42.2 Å². The molecule has 0 spiro atoms. The van der Waals surface area contributed by atoms with Crippen LogP contribution in [0, 0.1) is 29.6 Å². The average molecular weight is 1390 g/mol. The maximum Gasteiger partial charge on any atom is 0.514 e. The number of hydrogen-bond acceptors (Lipinski definition) is 12. The number of halogens is 9. The number of esters is 3. The van der Waals surface area contributed by atoms with Gasteiger partial charge in [-0.25, -0.2) is 19.2 Å². The predicted molar refractivity (Wildman–Crippen MR) is 364 cm³/mol. The Morgan fingerprint density at radius 2 is 0.970 bits per heavy atom. The Balaban J connectivity index is 0.000000220. The number of hydrogen-bond donors (Lipinski definition) is 3. The highest BCUT2D eigenvalue weighted by Crippen LogP contribution is 2.58. The molecule has 4 bridgehead atoms. The molecule has 7 aliphatic carbocycles. The third kappa shape index (κ3) is 22.5. The lowest BCUT2D eigenvalue weighted by Crippen LogP contribution is -2.57. The van der Waals surface area contributed by atoms with Crippen molar-refractivity contribution in [3.8, 4) is 5.75 Å². The average Bonchev–Trinajstić information content (AvgIpc) is 1.13. The Labute approximate surface area is 575 Å². The van der Waals surface area contributed by atoms with E-state index in [1.807, 2.05) is 54.6 Å². The summed E-state index contributed by atoms with van der Waals surface area (Å²) in [6.07, 6.45) is 0.125. The van der Waals surface area contributed by atoms with E-state index in [1.54, 1.807) is 52.8 Å². The molecule has 0 amide bonds. The van der Waals surface area contributed by atoms with Gasteiger partial charge < -0.3 is 39.0 Å². The number of aliphatic hydroxyl groups is 3. The molecule has 7 aliphatic rings. The van der Waals surface area contributed by atoms with Gasteiger partial charge in [-0.15, -0.1) is 0 Å². The molecule has 0 aromatic heterocycles. The molecule has 21 heteroatoms. The highest BCUT2D eigenvalue weighted by atomic mass is 19.4. The predicted octanol–water partition coefficient (Wildman–Crippen LogP) is 19.4. The first kappa shape index (κ1) is 81.7. The lowest BCUT2D eigenvalue weighted by atomic mass is 9.54. The molecule has 540 valence electrons. The molecule has 0 saturated heterocycles. The summed E-state index contributed by atoms with van der Waals surface area (Å²) in [5.41, 5.74) is -2.65. The van der Waals surface area contributed by atoms with E-state index in [1.165, 1.54) is 78.8 Å². The maximum absolute atomic E-state index is 13.1. The number of allylic oxidation sites excluding steroid dienone is 1. The van der Waals surface area contributed by atoms with Gasteiger partial charge in [0.1, 0.15) is 29.2 Å². The number of carbonyl (C=O) groups excluding carboxylic acids is 4. The van der Waals surface area contributed by atoms with Crippen molar-refractivity contribution in [1.82, 2.24) is 0 Å². The van der Waals surface area contributed by atoms with E-state index in [4.69, 9.17) is 23.7 Å². The standard InChI is InChI=1S/C16H22F6O4.C16H16O2.C14H20O2.C13H16O3.C11H11F3O.C8H8/c1-8(2)12(23)26-11-6-9(13(3,24)15(17,18)19)5-10(7-11)14(4,25)16(20,21)22;1-10(2)16(17)18-14-9-12-7-3-5-11-6-4-8-13(14)15(11)12;1-9(2)13(15)16-14-6-10-3-11(7-14)5-12(4-10)8-14;1-5-10-6-8-11(9-7-10)15-12(14)16-13(2,3)4;1-3-8-4-6-9(7-5-8)10(2,15)11(12,13)14;1-2-8-6-4-3-5-7-8/h9-11,24-25H,1,5-7H2,2-4H3;3-6,8,12,14H,1,7,9H2,2H3;10-12H,1,3-8H2,2H3;5-9H,1H2,2-4H3;3-7,15H,1H2,2H3;2-7H,1H2. The largest absolute Gasteiger partial charge is 0.514 e. The van der Waals surface area contributed by atoms with Gasteiger partial charge >= 0.3 is 42.6 Å². The smallest absolute Gasteiger partial charge is 0.459 e. The van der Waals surface area contributed by atoms with Crippen LogP contribution in [0.3, 0.4) is 0 Å². The molecule has 4 aromatic rings. The lowest BCUT2D eigenvalue weighted by molar-refractivity contribution is -0.299. The molecule has 12 nitrogen and oxygen atoms in total. The second-order valence-corrected chi connectivity index (χ2v) is 27.9. The highest BCUT2D eigenvalue weighted by molar-refractivity contribution is 5.88. The van der Waals surface area contributed by atoms with Crippen molar-refractivity contribution in [1.29, 1.82) is 0 Å². The number of ether oxygens (including phenoxy) is 5. The lowest BCUT2D eigenvalue weighted by Gasteiger charge is -2.55. The highest BCUT2D eigenvalue weighted by Gasteiger charge is 2.62. The summed E-state index contributed by atoms with van der Waals surface area (Å²) in [5, 5.41) is 29.1. The normalized spacial score (nSPS) is 24.0. The molecule has 7 atom stereocenters. The summed E-state index contributed by atoms with van der Waals surface area (Å²) in [5.74, 6) is -1.39. The summed E-state index contributed by atoms with van der Waals surface area (Å²) >= 11 is 0. The minimum absolute atomic E-state index is 0.0752. The van der Waals surface area contributed by atoms with Crippen LogP contribution < -0.4 is 4.74 Å². The van der Waals surface area contributed by atoms with Crippen LogP contribution in [0.5, 0.6) is 5.75 Å². The topological polar surface area (TPSA) is 175 Å². The molecule has 7 unspecified atom stereocenters. The van der Waals surface area contributed by atoms with Crippen LogP contribution in [0.1, 0.15) is 184 Å². The van der Waals surface area contributed by atoms with E-state index >= 15 is 0 Å². The quantitative estimate of drug-likeness (QED) is 0.0380. The zero-order chi connectivity index (χ0) is 74.4. The Morgan fingerprint density at radius 3 is 1.38 bits per heavy atom. The van der Waals surface area contributed by atoms with Crippen molar-refractivity contribution < 1.29 is 97.7 Å². The molecular formula is C78H93F9O12. The Bertz CT molecular complexity index is 3450. The molecule has 5 fully saturated rings. The van der Waals surface area contributed by atoms with Crippen molar-refractivity contribution in [2.45, 2.75) is 198 Å². The van der Waals surface area contributed by atoms with E-state index in [-0.39, 0.29) is 34.8 Å². The SMILES string of the molecule is C=C(C)C(=O)OC12CC3CC(CC(C3)C1)C2.C=C(C)C(=O)OC1CC(C(C)(O)C(F)(F)F)CC(C(C)(O)C(F)(F)F)C1.C=C(C)C(=O)OC1CC2CC=Cc3cccc1c32.C=Cc1ccc(C(C)(O)C(F)(F)F)cc1.C=Cc1ccc(OC(=O)OC(C)(C)C)cc1.C=Cc1ccccc1. The molecule has 4 aromatic carbocycles. The first-order valence-corrected chi connectivity index (χ1v) is 32.6. The van der Waals surface area contributed by atoms with Crippen LogP contribution in [-0.2, 0) is 38.9 Å². The fourth-order valence-corrected chi connectivity index (χ4v) is 13.1. The van der Waals surface area contributed by atoms with Crippen LogP contribution in [0.15, 0.2) is 159 Å². The molecule has 99 heavy (non-hydrogen) atoms. The minimum Gasteiger partial charge on any atom is -0.459 e. The molecule has 11 rings (SSSR count). The van der Waals surface area contributed by atoms with Crippen molar-refractivity contribution in [3.05, 3.63) is 198 Å².